The molecule has 0 unspecified atom stereocenters. The maximum atomic E-state index is 5.93. The minimum absolute atomic E-state index is 0. The van der Waals surface area contributed by atoms with E-state index in [0.29, 0.717) is 0 Å². The summed E-state index contributed by atoms with van der Waals surface area (Å²) in [5.74, 6) is 0. The van der Waals surface area contributed by atoms with Crippen LogP contribution in [0.15, 0.2) is 18.2 Å². The highest BCUT2D eigenvalue weighted by Gasteiger charge is 2.03. The zero-order valence-electron chi connectivity index (χ0n) is 8.50. The average molecular weight is 200 g/mol. The Morgan fingerprint density at radius 3 is 2.00 bits per heavy atom. The highest BCUT2D eigenvalue weighted by molar-refractivity contribution is 5.85. The van der Waals surface area contributed by atoms with Crippen LogP contribution in [-0.4, -0.2) is 0 Å². The smallest absolute Gasteiger partial charge is 0.0292 e. The molecule has 0 spiro atoms. The molecule has 0 aliphatic heterocycles. The summed E-state index contributed by atoms with van der Waals surface area (Å²) in [6.07, 6.45) is 1.00. The van der Waals surface area contributed by atoms with E-state index in [2.05, 4.69) is 39.0 Å². The fraction of sp³-hybridized carbons (Fsp3) is 0.455. The molecule has 0 aliphatic rings. The van der Waals surface area contributed by atoms with E-state index >= 15 is 0 Å². The van der Waals surface area contributed by atoms with Gasteiger partial charge in [-0.15, -0.1) is 12.4 Å². The molecule has 0 radical (unpaired) electrons. The Morgan fingerprint density at radius 2 is 1.62 bits per heavy atom. The molecule has 1 aromatic carbocycles. The molecule has 0 saturated carbocycles. The first-order valence-corrected chi connectivity index (χ1v) is 4.47. The lowest BCUT2D eigenvalue weighted by molar-refractivity contribution is 0.697. The van der Waals surface area contributed by atoms with Crippen molar-refractivity contribution in [3.63, 3.8) is 0 Å². The summed E-state index contributed by atoms with van der Waals surface area (Å²) < 4.78 is 0. The van der Waals surface area contributed by atoms with Crippen LogP contribution in [0.5, 0.6) is 0 Å². The summed E-state index contributed by atoms with van der Waals surface area (Å²) in [6, 6.07) is 6.71. The van der Waals surface area contributed by atoms with E-state index in [9.17, 15) is 0 Å². The first-order valence-electron chi connectivity index (χ1n) is 4.47. The quantitative estimate of drug-likeness (QED) is 0.778. The molecule has 1 atom stereocenters. The molecule has 2 N–H and O–H groups in total. The third-order valence-corrected chi connectivity index (χ3v) is 2.11. The van der Waals surface area contributed by atoms with Crippen molar-refractivity contribution in [1.29, 1.82) is 0 Å². The topological polar surface area (TPSA) is 26.0 Å². The third-order valence-electron chi connectivity index (χ3n) is 2.11. The van der Waals surface area contributed by atoms with Crippen molar-refractivity contribution in [3.05, 3.63) is 34.9 Å². The van der Waals surface area contributed by atoms with E-state index in [0.717, 1.165) is 6.42 Å². The number of halogens is 1. The molecule has 0 saturated heterocycles. The molecular formula is C11H18ClN. The minimum Gasteiger partial charge on any atom is -0.324 e. The van der Waals surface area contributed by atoms with Crippen molar-refractivity contribution >= 4 is 12.4 Å². The number of benzene rings is 1. The molecule has 1 rings (SSSR count). The number of hydrogen-bond donors (Lipinski definition) is 1. The summed E-state index contributed by atoms with van der Waals surface area (Å²) in [5.41, 5.74) is 9.79. The minimum atomic E-state index is 0. The summed E-state index contributed by atoms with van der Waals surface area (Å²) in [6.45, 7) is 6.33. The Morgan fingerprint density at radius 1 is 1.15 bits per heavy atom. The predicted octanol–water partition coefficient (Wildman–Crippen LogP) is 3.14. The van der Waals surface area contributed by atoms with Crippen LogP contribution in [0.4, 0.5) is 0 Å². The molecule has 0 fully saturated rings. The lowest BCUT2D eigenvalue weighted by Crippen LogP contribution is -2.08. The van der Waals surface area contributed by atoms with Gasteiger partial charge in [-0.1, -0.05) is 36.2 Å². The summed E-state index contributed by atoms with van der Waals surface area (Å²) >= 11 is 0. The average Bonchev–Trinajstić information content (AvgIpc) is 2.01. The number of nitrogens with two attached hydrogens (primary N) is 1. The lowest BCUT2D eigenvalue weighted by atomic mass is 10.0. The van der Waals surface area contributed by atoms with Gasteiger partial charge in [-0.25, -0.2) is 0 Å². The van der Waals surface area contributed by atoms with Gasteiger partial charge in [0.15, 0.2) is 0 Å². The zero-order chi connectivity index (χ0) is 9.14. The van der Waals surface area contributed by atoms with Crippen LogP contribution in [0.2, 0.25) is 0 Å². The van der Waals surface area contributed by atoms with Crippen molar-refractivity contribution in [1.82, 2.24) is 0 Å². The van der Waals surface area contributed by atoms with Gasteiger partial charge in [-0.2, -0.15) is 0 Å². The van der Waals surface area contributed by atoms with Crippen molar-refractivity contribution < 1.29 is 0 Å². The van der Waals surface area contributed by atoms with Gasteiger partial charge in [-0.05, 0) is 25.8 Å². The molecule has 2 heteroatoms. The predicted molar refractivity (Wildman–Crippen MR) is 60.4 cm³/mol. The molecule has 13 heavy (non-hydrogen) atoms. The van der Waals surface area contributed by atoms with E-state index in [-0.39, 0.29) is 18.4 Å². The van der Waals surface area contributed by atoms with Gasteiger partial charge in [-0.3, -0.25) is 0 Å². The molecule has 0 aliphatic carbocycles. The van der Waals surface area contributed by atoms with E-state index in [1.54, 1.807) is 0 Å². The fourth-order valence-corrected chi connectivity index (χ4v) is 1.46. The molecule has 74 valence electrons. The molecule has 0 aromatic heterocycles. The number of aryl methyl sites for hydroxylation is 2. The van der Waals surface area contributed by atoms with Crippen molar-refractivity contribution in [2.24, 2.45) is 5.73 Å². The molecule has 1 aromatic rings. The SMILES string of the molecule is CC[C@H](N)c1cc(C)cc(C)c1.Cl. The molecule has 0 bridgehead atoms. The highest BCUT2D eigenvalue weighted by atomic mass is 35.5. The Kier molecular flexibility index (Phi) is 5.04. The van der Waals surface area contributed by atoms with Gasteiger partial charge in [0.2, 0.25) is 0 Å². The van der Waals surface area contributed by atoms with Gasteiger partial charge in [0, 0.05) is 6.04 Å². The summed E-state index contributed by atoms with van der Waals surface area (Å²) in [7, 11) is 0. The lowest BCUT2D eigenvalue weighted by Gasteiger charge is -2.10. The fourth-order valence-electron chi connectivity index (χ4n) is 1.46. The van der Waals surface area contributed by atoms with E-state index in [4.69, 9.17) is 5.73 Å². The Hall–Kier alpha value is -0.530. The van der Waals surface area contributed by atoms with Gasteiger partial charge >= 0.3 is 0 Å². The van der Waals surface area contributed by atoms with Crippen LogP contribution in [-0.2, 0) is 0 Å². The maximum Gasteiger partial charge on any atom is 0.0292 e. The third kappa shape index (κ3) is 3.37. The van der Waals surface area contributed by atoms with E-state index < -0.39 is 0 Å². The van der Waals surface area contributed by atoms with Gasteiger partial charge in [0.1, 0.15) is 0 Å². The Balaban J connectivity index is 0.00000144. The van der Waals surface area contributed by atoms with Crippen LogP contribution in [0, 0.1) is 13.8 Å². The largest absolute Gasteiger partial charge is 0.324 e. The molecule has 0 heterocycles. The van der Waals surface area contributed by atoms with Gasteiger partial charge in [0.25, 0.3) is 0 Å². The highest BCUT2D eigenvalue weighted by Crippen LogP contribution is 2.16. The molecular weight excluding hydrogens is 182 g/mol. The van der Waals surface area contributed by atoms with Crippen LogP contribution < -0.4 is 5.73 Å². The normalized spacial score (nSPS) is 12.0. The standard InChI is InChI=1S/C11H17N.ClH/c1-4-11(12)10-6-8(2)5-9(3)7-10;/h5-7,11H,4,12H2,1-3H3;1H/t11-;/m0./s1. The van der Waals surface area contributed by atoms with Crippen molar-refractivity contribution in [3.8, 4) is 0 Å². The second-order valence-electron chi connectivity index (χ2n) is 3.44. The van der Waals surface area contributed by atoms with Crippen LogP contribution in [0.3, 0.4) is 0 Å². The first-order chi connectivity index (χ1) is 5.63. The van der Waals surface area contributed by atoms with Crippen LogP contribution in [0.1, 0.15) is 36.1 Å². The molecule has 1 nitrogen and oxygen atoms in total. The Bertz CT molecular complexity index is 251. The molecule has 0 amide bonds. The van der Waals surface area contributed by atoms with Gasteiger partial charge < -0.3 is 5.73 Å². The van der Waals surface area contributed by atoms with Crippen LogP contribution in [0.25, 0.3) is 0 Å². The van der Waals surface area contributed by atoms with E-state index in [1.165, 1.54) is 16.7 Å². The van der Waals surface area contributed by atoms with Crippen LogP contribution >= 0.6 is 12.4 Å². The zero-order valence-corrected chi connectivity index (χ0v) is 9.32. The second kappa shape index (κ2) is 5.25. The van der Waals surface area contributed by atoms with Crippen molar-refractivity contribution in [2.45, 2.75) is 33.2 Å². The monoisotopic (exact) mass is 199 g/mol. The Labute approximate surface area is 86.7 Å². The van der Waals surface area contributed by atoms with E-state index in [1.807, 2.05) is 0 Å². The second-order valence-corrected chi connectivity index (χ2v) is 3.44. The number of rotatable bonds is 2. The summed E-state index contributed by atoms with van der Waals surface area (Å²) in [5, 5.41) is 0. The van der Waals surface area contributed by atoms with Crippen molar-refractivity contribution in [2.75, 3.05) is 0 Å². The number of hydrogen-bond acceptors (Lipinski definition) is 1. The van der Waals surface area contributed by atoms with Gasteiger partial charge in [0.05, 0.1) is 0 Å². The maximum absolute atomic E-state index is 5.93. The first kappa shape index (κ1) is 12.5. The summed E-state index contributed by atoms with van der Waals surface area (Å²) in [4.78, 5) is 0.